The van der Waals surface area contributed by atoms with Crippen molar-refractivity contribution in [3.8, 4) is 22.7 Å². The number of aromatic amines is 1. The monoisotopic (exact) mass is 339 g/mol. The van der Waals surface area contributed by atoms with Crippen LogP contribution in [-0.4, -0.2) is 15.2 Å². The van der Waals surface area contributed by atoms with Crippen molar-refractivity contribution < 1.29 is 4.42 Å². The highest BCUT2D eigenvalue weighted by molar-refractivity contribution is 9.10. The first kappa shape index (κ1) is 12.3. The summed E-state index contributed by atoms with van der Waals surface area (Å²) in [6, 6.07) is 15.7. The Morgan fingerprint density at radius 1 is 0.952 bits per heavy atom. The number of oxazole rings is 1. The lowest BCUT2D eigenvalue weighted by Gasteiger charge is -1.98. The predicted octanol–water partition coefficient (Wildman–Crippen LogP) is 4.65. The molecule has 21 heavy (non-hydrogen) atoms. The van der Waals surface area contributed by atoms with E-state index >= 15 is 0 Å². The lowest BCUT2D eigenvalue weighted by atomic mass is 10.1. The minimum atomic E-state index is 0.622. The van der Waals surface area contributed by atoms with Crippen molar-refractivity contribution in [1.29, 1.82) is 0 Å². The molecule has 4 rings (SSSR count). The average molecular weight is 340 g/mol. The first-order chi connectivity index (χ1) is 10.3. The van der Waals surface area contributed by atoms with Gasteiger partial charge in [-0.2, -0.15) is 5.10 Å². The Labute approximate surface area is 129 Å². The molecule has 5 heteroatoms. The van der Waals surface area contributed by atoms with Crippen LogP contribution in [0.4, 0.5) is 0 Å². The molecular formula is C16H10BrN3O. The smallest absolute Gasteiger partial charge is 0.227 e. The molecule has 0 saturated heterocycles. The number of rotatable bonds is 2. The summed E-state index contributed by atoms with van der Waals surface area (Å²) in [5, 5.41) is 6.98. The lowest BCUT2D eigenvalue weighted by Crippen LogP contribution is -1.80. The third kappa shape index (κ3) is 2.25. The van der Waals surface area contributed by atoms with Gasteiger partial charge in [0.2, 0.25) is 5.89 Å². The molecule has 0 unspecified atom stereocenters. The molecule has 0 fully saturated rings. The molecule has 0 aliphatic rings. The summed E-state index contributed by atoms with van der Waals surface area (Å²) in [4.78, 5) is 4.51. The predicted molar refractivity (Wildman–Crippen MR) is 84.7 cm³/mol. The Bertz CT molecular complexity index is 895. The zero-order chi connectivity index (χ0) is 14.2. The van der Waals surface area contributed by atoms with Crippen LogP contribution in [0, 0.1) is 0 Å². The first-order valence-corrected chi connectivity index (χ1v) is 7.25. The quantitative estimate of drug-likeness (QED) is 0.578. The maximum atomic E-state index is 5.80. The molecule has 0 amide bonds. The lowest BCUT2D eigenvalue weighted by molar-refractivity contribution is 0.619. The van der Waals surface area contributed by atoms with E-state index in [1.165, 1.54) is 0 Å². The Balaban J connectivity index is 1.74. The van der Waals surface area contributed by atoms with Gasteiger partial charge in [0.05, 0.1) is 5.69 Å². The molecule has 0 atom stereocenters. The van der Waals surface area contributed by atoms with Gasteiger partial charge < -0.3 is 4.42 Å². The maximum Gasteiger partial charge on any atom is 0.227 e. The molecule has 0 bridgehead atoms. The zero-order valence-corrected chi connectivity index (χ0v) is 12.5. The second kappa shape index (κ2) is 4.86. The standard InChI is InChI=1S/C16H10BrN3O/c17-12-5-6-14-15(9-12)21-16(19-14)11-3-1-10(2-4-11)13-7-8-18-20-13/h1-9H,(H,18,20). The van der Waals surface area contributed by atoms with Gasteiger partial charge in [-0.1, -0.05) is 28.1 Å². The molecule has 2 aromatic carbocycles. The molecular weight excluding hydrogens is 330 g/mol. The van der Waals surface area contributed by atoms with Crippen molar-refractivity contribution in [3.05, 3.63) is 59.2 Å². The van der Waals surface area contributed by atoms with E-state index in [1.807, 2.05) is 54.7 Å². The highest BCUT2D eigenvalue weighted by Crippen LogP contribution is 2.27. The summed E-state index contributed by atoms with van der Waals surface area (Å²) < 4.78 is 6.78. The van der Waals surface area contributed by atoms with Crippen LogP contribution in [0.3, 0.4) is 0 Å². The van der Waals surface area contributed by atoms with Gasteiger partial charge in [-0.3, -0.25) is 5.10 Å². The van der Waals surface area contributed by atoms with Crippen molar-refractivity contribution in [1.82, 2.24) is 15.2 Å². The summed E-state index contributed by atoms with van der Waals surface area (Å²) in [6.07, 6.45) is 1.81. The molecule has 0 saturated carbocycles. The SMILES string of the molecule is Brc1ccc2nc(-c3ccc(-c4cc[nH]n4)cc3)oc2c1. The van der Waals surface area contributed by atoms with Gasteiger partial charge >= 0.3 is 0 Å². The Morgan fingerprint density at radius 2 is 1.76 bits per heavy atom. The molecule has 4 aromatic rings. The molecule has 0 radical (unpaired) electrons. The van der Waals surface area contributed by atoms with Crippen molar-refractivity contribution in [2.24, 2.45) is 0 Å². The number of halogens is 1. The number of hydrogen-bond acceptors (Lipinski definition) is 3. The van der Waals surface area contributed by atoms with Gasteiger partial charge in [0, 0.05) is 21.8 Å². The van der Waals surface area contributed by atoms with E-state index in [2.05, 4.69) is 31.1 Å². The summed E-state index contributed by atoms with van der Waals surface area (Å²) in [5.41, 5.74) is 4.55. The molecule has 1 N–H and O–H groups in total. The summed E-state index contributed by atoms with van der Waals surface area (Å²) in [6.45, 7) is 0. The number of H-pyrrole nitrogens is 1. The number of nitrogens with one attached hydrogen (secondary N) is 1. The molecule has 0 aliphatic heterocycles. The van der Waals surface area contributed by atoms with Gasteiger partial charge in [-0.05, 0) is 36.4 Å². The van der Waals surface area contributed by atoms with Gasteiger partial charge in [0.15, 0.2) is 5.58 Å². The van der Waals surface area contributed by atoms with Crippen molar-refractivity contribution in [2.45, 2.75) is 0 Å². The van der Waals surface area contributed by atoms with Crippen molar-refractivity contribution in [3.63, 3.8) is 0 Å². The van der Waals surface area contributed by atoms with E-state index in [4.69, 9.17) is 4.42 Å². The third-order valence-corrected chi connectivity index (χ3v) is 3.77. The number of hydrogen-bond donors (Lipinski definition) is 1. The number of benzene rings is 2. The molecule has 0 aliphatic carbocycles. The summed E-state index contributed by atoms with van der Waals surface area (Å²) >= 11 is 3.43. The molecule has 2 heterocycles. The fraction of sp³-hybridized carbons (Fsp3) is 0. The second-order valence-corrected chi connectivity index (χ2v) is 5.58. The van der Waals surface area contributed by atoms with Crippen LogP contribution in [0.1, 0.15) is 0 Å². The molecule has 4 nitrogen and oxygen atoms in total. The molecule has 0 spiro atoms. The summed E-state index contributed by atoms with van der Waals surface area (Å²) in [5.74, 6) is 0.622. The fourth-order valence-corrected chi connectivity index (χ4v) is 2.57. The van der Waals surface area contributed by atoms with Crippen LogP contribution in [0.5, 0.6) is 0 Å². The highest BCUT2D eigenvalue weighted by Gasteiger charge is 2.09. The largest absolute Gasteiger partial charge is 0.436 e. The minimum absolute atomic E-state index is 0.622. The summed E-state index contributed by atoms with van der Waals surface area (Å²) in [7, 11) is 0. The van der Waals surface area contributed by atoms with Gasteiger partial charge in [-0.15, -0.1) is 0 Å². The van der Waals surface area contributed by atoms with E-state index in [0.717, 1.165) is 32.4 Å². The van der Waals surface area contributed by atoms with Crippen LogP contribution in [0.15, 0.2) is 63.6 Å². The van der Waals surface area contributed by atoms with Crippen LogP contribution in [-0.2, 0) is 0 Å². The number of nitrogens with zero attached hydrogens (tertiary/aromatic N) is 2. The van der Waals surface area contributed by atoms with Gasteiger partial charge in [0.1, 0.15) is 5.52 Å². The number of fused-ring (bicyclic) bond motifs is 1. The van der Waals surface area contributed by atoms with Crippen LogP contribution in [0.25, 0.3) is 33.8 Å². The van der Waals surface area contributed by atoms with E-state index < -0.39 is 0 Å². The van der Waals surface area contributed by atoms with Gasteiger partial charge in [0.25, 0.3) is 0 Å². The first-order valence-electron chi connectivity index (χ1n) is 6.46. The van der Waals surface area contributed by atoms with Crippen LogP contribution >= 0.6 is 15.9 Å². The number of aromatic nitrogens is 3. The fourth-order valence-electron chi connectivity index (χ4n) is 2.23. The minimum Gasteiger partial charge on any atom is -0.436 e. The van der Waals surface area contributed by atoms with Crippen molar-refractivity contribution in [2.75, 3.05) is 0 Å². The Kier molecular flexibility index (Phi) is 2.86. The van der Waals surface area contributed by atoms with Crippen molar-refractivity contribution >= 4 is 27.0 Å². The zero-order valence-electron chi connectivity index (χ0n) is 10.9. The normalized spacial score (nSPS) is 11.1. The average Bonchev–Trinajstić information content (AvgIpc) is 3.16. The van der Waals surface area contributed by atoms with Gasteiger partial charge in [-0.25, -0.2) is 4.98 Å². The van der Waals surface area contributed by atoms with Crippen LogP contribution < -0.4 is 0 Å². The van der Waals surface area contributed by atoms with Crippen LogP contribution in [0.2, 0.25) is 0 Å². The Morgan fingerprint density at radius 3 is 2.52 bits per heavy atom. The van der Waals surface area contributed by atoms with E-state index in [1.54, 1.807) is 0 Å². The molecule has 2 aromatic heterocycles. The highest BCUT2D eigenvalue weighted by atomic mass is 79.9. The second-order valence-electron chi connectivity index (χ2n) is 4.67. The van der Waals surface area contributed by atoms with E-state index in [0.29, 0.717) is 5.89 Å². The Hall–Kier alpha value is -2.40. The van der Waals surface area contributed by atoms with E-state index in [9.17, 15) is 0 Å². The topological polar surface area (TPSA) is 54.7 Å². The third-order valence-electron chi connectivity index (χ3n) is 3.28. The maximum absolute atomic E-state index is 5.80. The molecule has 102 valence electrons. The van der Waals surface area contributed by atoms with E-state index in [-0.39, 0.29) is 0 Å².